The average molecular weight is 755 g/mol. The number of hydrogen-bond donors (Lipinski definition) is 4. The fourth-order valence-electron chi connectivity index (χ4n) is 4.19. The molecule has 18 nitrogen and oxygen atoms in total. The van der Waals surface area contributed by atoms with Gasteiger partial charge in [0, 0.05) is 50.1 Å². The quantitative estimate of drug-likeness (QED) is 0.0703. The number of carbonyl (C=O) groups is 4. The number of ether oxygens (including phenoxy) is 8. The molecule has 0 aliphatic rings. The fraction of sp³-hybridized carbons (Fsp3) is 0.882. The predicted molar refractivity (Wildman–Crippen MR) is 191 cm³/mol. The van der Waals surface area contributed by atoms with Gasteiger partial charge < -0.3 is 68.5 Å². The normalized spacial score (nSPS) is 11.7. The van der Waals surface area contributed by atoms with Gasteiger partial charge >= 0.3 is 12.2 Å². The molecule has 306 valence electrons. The van der Waals surface area contributed by atoms with Crippen LogP contribution in [-0.2, 0) is 47.5 Å². The van der Waals surface area contributed by atoms with E-state index in [0.717, 1.165) is 0 Å². The molecule has 4 amide bonds. The molecule has 4 N–H and O–H groups in total. The molecule has 0 aromatic carbocycles. The largest absolute Gasteiger partial charge is 0.465 e. The van der Waals surface area contributed by atoms with E-state index < -0.39 is 23.3 Å². The van der Waals surface area contributed by atoms with E-state index in [1.165, 1.54) is 9.80 Å². The first kappa shape index (κ1) is 49.2. The Labute approximate surface area is 309 Å². The molecule has 0 aromatic heterocycles. The van der Waals surface area contributed by atoms with Crippen LogP contribution in [0.1, 0.15) is 54.4 Å². The summed E-state index contributed by atoms with van der Waals surface area (Å²) >= 11 is 0. The molecule has 0 aromatic rings. The van der Waals surface area contributed by atoms with Crippen LogP contribution >= 0.6 is 0 Å². The van der Waals surface area contributed by atoms with Gasteiger partial charge in [-0.1, -0.05) is 0 Å². The standard InChI is InChI=1S/C34H66N4O14/c1-33(2,3)37(31(41)42)11-17-49-23-21-47-15-9-35-29(39)7-13-45-19-25-51-27-28-52-26-20-46-14-8-30(40)36-10-16-48-22-24-50-18-12-38(32(43)44)34(4,5)6/h7-28H2,1-6H3,(H,35,39)(H,36,40)(H,41,42)(H,43,44). The minimum absolute atomic E-state index is 0.141. The molecule has 0 atom stereocenters. The maximum Gasteiger partial charge on any atom is 0.407 e. The second kappa shape index (κ2) is 30.6. The summed E-state index contributed by atoms with van der Waals surface area (Å²) in [7, 11) is 0. The molecule has 0 saturated heterocycles. The number of hydrogen-bond acceptors (Lipinski definition) is 12. The molecular weight excluding hydrogens is 688 g/mol. The van der Waals surface area contributed by atoms with E-state index in [4.69, 9.17) is 37.9 Å². The number of carbonyl (C=O) groups excluding carboxylic acids is 2. The average Bonchev–Trinajstić information content (AvgIpc) is 3.04. The lowest BCUT2D eigenvalue weighted by Gasteiger charge is -2.33. The van der Waals surface area contributed by atoms with Crippen LogP contribution in [0, 0.1) is 0 Å². The van der Waals surface area contributed by atoms with Crippen molar-refractivity contribution in [1.82, 2.24) is 20.4 Å². The van der Waals surface area contributed by atoms with Crippen LogP contribution in [0.25, 0.3) is 0 Å². The van der Waals surface area contributed by atoms with Crippen LogP contribution in [0.15, 0.2) is 0 Å². The van der Waals surface area contributed by atoms with Crippen LogP contribution in [0.2, 0.25) is 0 Å². The minimum Gasteiger partial charge on any atom is -0.465 e. The first-order valence-electron chi connectivity index (χ1n) is 17.8. The summed E-state index contributed by atoms with van der Waals surface area (Å²) in [6.07, 6.45) is -1.51. The SMILES string of the molecule is CC(C)(C)N(CCOCCOCCNC(=O)CCOCCOCCOCCOCCC(=O)NCCOCCOCCN(C(=O)O)C(C)(C)C)C(=O)O. The third kappa shape index (κ3) is 29.7. The Morgan fingerprint density at radius 3 is 0.942 bits per heavy atom. The number of amides is 4. The third-order valence-electron chi connectivity index (χ3n) is 6.94. The van der Waals surface area contributed by atoms with E-state index in [2.05, 4.69) is 10.6 Å². The molecule has 0 aliphatic carbocycles. The van der Waals surface area contributed by atoms with Gasteiger partial charge in [-0.2, -0.15) is 0 Å². The molecule has 0 spiro atoms. The van der Waals surface area contributed by atoms with E-state index in [-0.39, 0.29) is 64.2 Å². The van der Waals surface area contributed by atoms with E-state index in [0.29, 0.717) is 92.4 Å². The number of carboxylic acid groups (broad SMARTS) is 2. The van der Waals surface area contributed by atoms with Gasteiger partial charge in [-0.3, -0.25) is 9.59 Å². The van der Waals surface area contributed by atoms with Crippen LogP contribution in [0.3, 0.4) is 0 Å². The van der Waals surface area contributed by atoms with E-state index >= 15 is 0 Å². The lowest BCUT2D eigenvalue weighted by Crippen LogP contribution is -2.46. The zero-order valence-electron chi connectivity index (χ0n) is 32.2. The van der Waals surface area contributed by atoms with Crippen molar-refractivity contribution in [2.45, 2.75) is 65.5 Å². The van der Waals surface area contributed by atoms with Crippen molar-refractivity contribution in [3.8, 4) is 0 Å². The van der Waals surface area contributed by atoms with Crippen molar-refractivity contribution < 1.29 is 67.3 Å². The highest BCUT2D eigenvalue weighted by molar-refractivity contribution is 5.76. The predicted octanol–water partition coefficient (Wildman–Crippen LogP) is 1.69. The molecule has 0 aliphatic heterocycles. The van der Waals surface area contributed by atoms with Gasteiger partial charge in [-0.05, 0) is 41.5 Å². The molecule has 0 bridgehead atoms. The van der Waals surface area contributed by atoms with Gasteiger partial charge in [0.15, 0.2) is 0 Å². The molecule has 0 heterocycles. The number of nitrogens with one attached hydrogen (secondary N) is 2. The second-order valence-electron chi connectivity index (χ2n) is 13.3. The summed E-state index contributed by atoms with van der Waals surface area (Å²) in [4.78, 5) is 49.0. The van der Waals surface area contributed by atoms with Crippen LogP contribution in [0.5, 0.6) is 0 Å². The molecule has 0 rings (SSSR count). The monoisotopic (exact) mass is 754 g/mol. The molecule has 0 fully saturated rings. The first-order valence-corrected chi connectivity index (χ1v) is 17.8. The Hall–Kier alpha value is -2.84. The maximum absolute atomic E-state index is 11.9. The Bertz CT molecular complexity index is 872. The van der Waals surface area contributed by atoms with E-state index in [1.54, 1.807) is 0 Å². The highest BCUT2D eigenvalue weighted by atomic mass is 16.6. The zero-order valence-corrected chi connectivity index (χ0v) is 32.2. The third-order valence-corrected chi connectivity index (χ3v) is 6.94. The van der Waals surface area contributed by atoms with Gasteiger partial charge in [0.05, 0.1) is 106 Å². The Morgan fingerprint density at radius 2 is 0.673 bits per heavy atom. The van der Waals surface area contributed by atoms with Crippen molar-refractivity contribution in [2.75, 3.05) is 132 Å². The van der Waals surface area contributed by atoms with Gasteiger partial charge in [-0.15, -0.1) is 0 Å². The Kier molecular flexibility index (Phi) is 28.9. The van der Waals surface area contributed by atoms with Crippen molar-refractivity contribution >= 4 is 24.0 Å². The topological polar surface area (TPSA) is 213 Å². The van der Waals surface area contributed by atoms with Gasteiger partial charge in [-0.25, -0.2) is 9.59 Å². The number of rotatable bonds is 33. The van der Waals surface area contributed by atoms with Crippen LogP contribution < -0.4 is 10.6 Å². The summed E-state index contributed by atoms with van der Waals surface area (Å²) in [6.45, 7) is 17.6. The first-order chi connectivity index (χ1) is 24.7. The summed E-state index contributed by atoms with van der Waals surface area (Å²) in [5, 5.41) is 24.0. The van der Waals surface area contributed by atoms with Gasteiger partial charge in [0.25, 0.3) is 0 Å². The van der Waals surface area contributed by atoms with E-state index in [9.17, 15) is 29.4 Å². The zero-order chi connectivity index (χ0) is 39.1. The Balaban J connectivity index is 3.41. The van der Waals surface area contributed by atoms with E-state index in [1.807, 2.05) is 41.5 Å². The lowest BCUT2D eigenvalue weighted by molar-refractivity contribution is -0.123. The van der Waals surface area contributed by atoms with Crippen molar-refractivity contribution in [1.29, 1.82) is 0 Å². The molecule has 18 heteroatoms. The second-order valence-corrected chi connectivity index (χ2v) is 13.3. The highest BCUT2D eigenvalue weighted by Gasteiger charge is 2.26. The minimum atomic E-state index is -0.983. The molecule has 52 heavy (non-hydrogen) atoms. The Morgan fingerprint density at radius 1 is 0.423 bits per heavy atom. The number of nitrogens with zero attached hydrogens (tertiary/aromatic N) is 2. The molecular formula is C34H66N4O14. The van der Waals surface area contributed by atoms with Crippen molar-refractivity contribution in [3.63, 3.8) is 0 Å². The fourth-order valence-corrected chi connectivity index (χ4v) is 4.19. The van der Waals surface area contributed by atoms with Crippen molar-refractivity contribution in [2.24, 2.45) is 0 Å². The van der Waals surface area contributed by atoms with Crippen LogP contribution in [-0.4, -0.2) is 187 Å². The highest BCUT2D eigenvalue weighted by Crippen LogP contribution is 2.13. The van der Waals surface area contributed by atoms with Crippen LogP contribution in [0.4, 0.5) is 9.59 Å². The molecule has 0 saturated carbocycles. The summed E-state index contributed by atoms with van der Waals surface area (Å²) < 4.78 is 43.4. The van der Waals surface area contributed by atoms with Gasteiger partial charge in [0.1, 0.15) is 0 Å². The summed E-state index contributed by atoms with van der Waals surface area (Å²) in [5.41, 5.74) is -0.988. The van der Waals surface area contributed by atoms with Gasteiger partial charge in [0.2, 0.25) is 11.8 Å². The maximum atomic E-state index is 11.9. The summed E-state index contributed by atoms with van der Waals surface area (Å²) in [6, 6.07) is 0. The smallest absolute Gasteiger partial charge is 0.407 e. The van der Waals surface area contributed by atoms with Crippen molar-refractivity contribution in [3.05, 3.63) is 0 Å². The lowest BCUT2D eigenvalue weighted by atomic mass is 10.1. The summed E-state index contributed by atoms with van der Waals surface area (Å²) in [5.74, 6) is -0.282. The molecule has 0 radical (unpaired) electrons. The molecule has 0 unspecified atom stereocenters.